The van der Waals surface area contributed by atoms with Crippen LogP contribution in [-0.2, 0) is 28.7 Å². The number of rotatable bonds is 10. The molecule has 2 aromatic carbocycles. The highest BCUT2D eigenvalue weighted by molar-refractivity contribution is 7.92. The van der Waals surface area contributed by atoms with Crippen molar-refractivity contribution in [1.29, 1.82) is 0 Å². The first-order valence-corrected chi connectivity index (χ1v) is 15.5. The summed E-state index contributed by atoms with van der Waals surface area (Å²) < 4.78 is 34.9. The third-order valence-electron chi connectivity index (χ3n) is 6.78. The summed E-state index contributed by atoms with van der Waals surface area (Å²) in [7, 11) is -2.11. The van der Waals surface area contributed by atoms with Crippen LogP contribution in [0.4, 0.5) is 11.6 Å². The number of oxazole rings is 1. The van der Waals surface area contributed by atoms with Crippen molar-refractivity contribution in [3.63, 3.8) is 0 Å². The van der Waals surface area contributed by atoms with E-state index in [1.165, 1.54) is 29.1 Å². The molecule has 0 saturated carbocycles. The van der Waals surface area contributed by atoms with Crippen LogP contribution in [0.1, 0.15) is 20.8 Å². The van der Waals surface area contributed by atoms with Crippen LogP contribution in [0.2, 0.25) is 0 Å². The maximum Gasteiger partial charge on any atom is 0.268 e. The summed E-state index contributed by atoms with van der Waals surface area (Å²) in [5.41, 5.74) is 3.54. The molecular weight excluding hydrogens is 573 g/mol. The number of fused-ring (bicyclic) bond motifs is 1. The molecule has 0 bridgehead atoms. The van der Waals surface area contributed by atoms with Gasteiger partial charge in [-0.15, -0.1) is 11.3 Å². The van der Waals surface area contributed by atoms with Gasteiger partial charge in [0.15, 0.2) is 12.2 Å². The number of nitrogens with zero attached hydrogens (tertiary/aromatic N) is 5. The summed E-state index contributed by atoms with van der Waals surface area (Å²) in [5.74, 6) is 0.508. The molecule has 0 aliphatic heterocycles. The number of hydrogen-bond donors (Lipinski definition) is 1. The first-order valence-electron chi connectivity index (χ1n) is 13.1. The fourth-order valence-corrected chi connectivity index (χ4v) is 6.65. The van der Waals surface area contributed by atoms with Gasteiger partial charge in [0.25, 0.3) is 5.91 Å². The molecule has 1 N–H and O–H groups in total. The van der Waals surface area contributed by atoms with Crippen molar-refractivity contribution in [2.75, 3.05) is 16.7 Å². The number of aryl methyl sites for hydroxylation is 2. The fraction of sp³-hybridized carbons (Fsp3) is 0.133. The van der Waals surface area contributed by atoms with Gasteiger partial charge < -0.3 is 8.98 Å². The Hall–Kier alpha value is -4.81. The van der Waals surface area contributed by atoms with Crippen molar-refractivity contribution in [1.82, 2.24) is 19.5 Å². The standard InChI is InChI=1S/C30H26N6O4S2/c1-35(42(38,39)19-22-6-3-2-4-7-22)23-9-10-25-24(16-23)33-30(36(25)15-13-21-8-5-14-31-17-21)34-29(37)28-12-11-27(41-28)26-18-32-20-40-26/h2-12,14,16-18,20H,13,15,19H2,1H3,(H,33,34,37). The highest BCUT2D eigenvalue weighted by Gasteiger charge is 2.22. The Bertz CT molecular complexity index is 1940. The van der Waals surface area contributed by atoms with E-state index in [2.05, 4.69) is 15.3 Å². The molecule has 4 heterocycles. The van der Waals surface area contributed by atoms with E-state index in [1.54, 1.807) is 48.9 Å². The highest BCUT2D eigenvalue weighted by atomic mass is 32.2. The second-order valence-corrected chi connectivity index (χ2v) is 12.6. The Morgan fingerprint density at radius 2 is 1.83 bits per heavy atom. The number of thiophene rings is 1. The summed E-state index contributed by atoms with van der Waals surface area (Å²) >= 11 is 1.29. The van der Waals surface area contributed by atoms with E-state index in [-0.39, 0.29) is 11.7 Å². The zero-order chi connectivity index (χ0) is 29.1. The molecule has 0 spiro atoms. The first kappa shape index (κ1) is 27.4. The Balaban J connectivity index is 1.31. The average molecular weight is 599 g/mol. The lowest BCUT2D eigenvalue weighted by atomic mass is 10.2. The molecule has 1 amide bonds. The number of carbonyl (C=O) groups is 1. The summed E-state index contributed by atoms with van der Waals surface area (Å²) in [6.45, 7) is 0.521. The molecule has 0 saturated heterocycles. The molecule has 0 radical (unpaired) electrons. The van der Waals surface area contributed by atoms with E-state index in [0.717, 1.165) is 16.0 Å². The van der Waals surface area contributed by atoms with Gasteiger partial charge in [-0.3, -0.25) is 19.4 Å². The van der Waals surface area contributed by atoms with Crippen molar-refractivity contribution >= 4 is 49.9 Å². The lowest BCUT2D eigenvalue weighted by molar-refractivity contribution is 0.102. The number of aromatic nitrogens is 4. The van der Waals surface area contributed by atoms with Crippen LogP contribution in [0.5, 0.6) is 0 Å². The second kappa shape index (κ2) is 11.6. The highest BCUT2D eigenvalue weighted by Crippen LogP contribution is 2.30. The van der Waals surface area contributed by atoms with Gasteiger partial charge in [-0.05, 0) is 53.9 Å². The molecule has 0 fully saturated rings. The Morgan fingerprint density at radius 1 is 1.00 bits per heavy atom. The molecule has 6 aromatic rings. The van der Waals surface area contributed by atoms with E-state index < -0.39 is 10.0 Å². The van der Waals surface area contributed by atoms with Gasteiger partial charge in [-0.2, -0.15) is 0 Å². The van der Waals surface area contributed by atoms with Crippen LogP contribution >= 0.6 is 11.3 Å². The lowest BCUT2D eigenvalue weighted by Crippen LogP contribution is -2.27. The van der Waals surface area contributed by atoms with E-state index in [1.807, 2.05) is 47.0 Å². The Morgan fingerprint density at radius 3 is 2.60 bits per heavy atom. The molecule has 0 aliphatic rings. The maximum atomic E-state index is 13.3. The quantitative estimate of drug-likeness (QED) is 0.217. The smallest absolute Gasteiger partial charge is 0.268 e. The van der Waals surface area contributed by atoms with Gasteiger partial charge in [-0.1, -0.05) is 36.4 Å². The van der Waals surface area contributed by atoms with Crippen molar-refractivity contribution < 1.29 is 17.6 Å². The minimum atomic E-state index is -3.64. The predicted molar refractivity (Wildman–Crippen MR) is 163 cm³/mol. The number of anilines is 2. The number of pyridine rings is 1. The third-order valence-corrected chi connectivity index (χ3v) is 9.62. The molecule has 10 nitrogen and oxygen atoms in total. The number of carbonyl (C=O) groups excluding carboxylic acids is 1. The van der Waals surface area contributed by atoms with Crippen molar-refractivity contribution in [3.05, 3.63) is 114 Å². The van der Waals surface area contributed by atoms with E-state index >= 15 is 0 Å². The molecule has 212 valence electrons. The van der Waals surface area contributed by atoms with Crippen LogP contribution in [0, 0.1) is 0 Å². The zero-order valence-electron chi connectivity index (χ0n) is 22.5. The maximum absolute atomic E-state index is 13.3. The van der Waals surface area contributed by atoms with Gasteiger partial charge in [-0.25, -0.2) is 18.4 Å². The summed E-state index contributed by atoms with van der Waals surface area (Å²) in [5, 5.41) is 2.95. The first-order chi connectivity index (χ1) is 20.4. The van der Waals surface area contributed by atoms with Gasteiger partial charge >= 0.3 is 0 Å². The molecule has 42 heavy (non-hydrogen) atoms. The number of nitrogens with one attached hydrogen (secondary N) is 1. The molecule has 0 atom stereocenters. The number of imidazole rings is 1. The molecule has 4 aromatic heterocycles. The summed E-state index contributed by atoms with van der Waals surface area (Å²) in [4.78, 5) is 27.4. The van der Waals surface area contributed by atoms with Gasteiger partial charge in [0.1, 0.15) is 0 Å². The van der Waals surface area contributed by atoms with Gasteiger partial charge in [0.2, 0.25) is 16.0 Å². The van der Waals surface area contributed by atoms with Crippen LogP contribution in [0.15, 0.2) is 102 Å². The Labute approximate surface area is 246 Å². The lowest BCUT2D eigenvalue weighted by Gasteiger charge is -2.19. The Kier molecular flexibility index (Phi) is 7.55. The number of amides is 1. The average Bonchev–Trinajstić information content (AvgIpc) is 3.77. The molecular formula is C30H26N6O4S2. The predicted octanol–water partition coefficient (Wildman–Crippen LogP) is 5.61. The van der Waals surface area contributed by atoms with Crippen LogP contribution in [-0.4, -0.2) is 40.9 Å². The van der Waals surface area contributed by atoms with Crippen molar-refractivity contribution in [2.45, 2.75) is 18.7 Å². The summed E-state index contributed by atoms with van der Waals surface area (Å²) in [6.07, 6.45) is 7.13. The van der Waals surface area contributed by atoms with Crippen LogP contribution < -0.4 is 9.62 Å². The molecule has 6 rings (SSSR count). The van der Waals surface area contributed by atoms with E-state index in [9.17, 15) is 13.2 Å². The van der Waals surface area contributed by atoms with E-state index in [0.29, 0.717) is 46.3 Å². The minimum absolute atomic E-state index is 0.125. The molecule has 0 unspecified atom stereocenters. The monoisotopic (exact) mass is 598 g/mol. The topological polar surface area (TPSA) is 123 Å². The number of hydrogen-bond acceptors (Lipinski definition) is 8. The normalized spacial score (nSPS) is 11.5. The molecule has 12 heteroatoms. The van der Waals surface area contributed by atoms with Crippen LogP contribution in [0.25, 0.3) is 21.7 Å². The second-order valence-electron chi connectivity index (χ2n) is 9.56. The SMILES string of the molecule is CN(c1ccc2c(c1)nc(NC(=O)c1ccc(-c3cnco3)s1)n2CCc1cccnc1)S(=O)(=O)Cc1ccccc1. The van der Waals surface area contributed by atoms with Crippen LogP contribution in [0.3, 0.4) is 0 Å². The third kappa shape index (κ3) is 5.80. The summed E-state index contributed by atoms with van der Waals surface area (Å²) in [6, 6.07) is 21.8. The number of sulfonamides is 1. The van der Waals surface area contributed by atoms with Gasteiger partial charge in [0, 0.05) is 26.0 Å². The van der Waals surface area contributed by atoms with E-state index in [4.69, 9.17) is 9.40 Å². The largest absolute Gasteiger partial charge is 0.443 e. The molecule has 0 aliphatic carbocycles. The zero-order valence-corrected chi connectivity index (χ0v) is 24.2. The van der Waals surface area contributed by atoms with Crippen molar-refractivity contribution in [2.24, 2.45) is 0 Å². The fourth-order valence-electron chi connectivity index (χ4n) is 4.56. The van der Waals surface area contributed by atoms with Crippen molar-refractivity contribution in [3.8, 4) is 10.6 Å². The number of benzene rings is 2. The van der Waals surface area contributed by atoms with Gasteiger partial charge in [0.05, 0.1) is 38.4 Å². The minimum Gasteiger partial charge on any atom is -0.443 e.